The van der Waals surface area contributed by atoms with Gasteiger partial charge < -0.3 is 4.74 Å². The van der Waals surface area contributed by atoms with Gasteiger partial charge in [0.25, 0.3) is 0 Å². The van der Waals surface area contributed by atoms with E-state index in [-0.39, 0.29) is 17.4 Å². The van der Waals surface area contributed by atoms with Gasteiger partial charge in [-0.1, -0.05) is 19.3 Å². The lowest BCUT2D eigenvalue weighted by Crippen LogP contribution is -2.31. The predicted octanol–water partition coefficient (Wildman–Crippen LogP) is 2.19. The third-order valence-corrected chi connectivity index (χ3v) is 4.76. The first-order chi connectivity index (χ1) is 7.80. The molecule has 1 aliphatic heterocycles. The number of azo groups is 1. The third kappa shape index (κ3) is 1.19. The lowest BCUT2D eigenvalue weighted by Gasteiger charge is -2.16. The molecule has 0 bridgehead atoms. The molecular formula is C12H18N2O2. The van der Waals surface area contributed by atoms with Gasteiger partial charge in [0.2, 0.25) is 0 Å². The van der Waals surface area contributed by atoms with Crippen molar-refractivity contribution >= 4 is 5.97 Å². The van der Waals surface area contributed by atoms with E-state index in [9.17, 15) is 4.79 Å². The molecule has 4 heteroatoms. The van der Waals surface area contributed by atoms with Crippen molar-refractivity contribution in [2.24, 2.45) is 27.5 Å². The van der Waals surface area contributed by atoms with Gasteiger partial charge in [-0.25, -0.2) is 4.79 Å². The van der Waals surface area contributed by atoms with Crippen molar-refractivity contribution in [2.75, 3.05) is 13.7 Å². The summed E-state index contributed by atoms with van der Waals surface area (Å²) in [5.74, 6) is 1.16. The molecule has 0 saturated heterocycles. The van der Waals surface area contributed by atoms with Crippen molar-refractivity contribution in [1.82, 2.24) is 0 Å². The minimum absolute atomic E-state index is 0.0630. The molecule has 88 valence electrons. The van der Waals surface area contributed by atoms with E-state index in [1.165, 1.54) is 39.2 Å². The van der Waals surface area contributed by atoms with Crippen LogP contribution in [0.4, 0.5) is 0 Å². The number of rotatable bonds is 1. The molecule has 4 nitrogen and oxygen atoms in total. The van der Waals surface area contributed by atoms with E-state index in [4.69, 9.17) is 4.74 Å². The Kier molecular flexibility index (Phi) is 2.26. The number of hydrogen-bond donors (Lipinski definition) is 0. The zero-order valence-electron chi connectivity index (χ0n) is 9.69. The van der Waals surface area contributed by atoms with Crippen LogP contribution in [-0.4, -0.2) is 25.7 Å². The van der Waals surface area contributed by atoms with Crippen molar-refractivity contribution in [3.05, 3.63) is 0 Å². The summed E-state index contributed by atoms with van der Waals surface area (Å²) in [5.41, 5.74) is 0.0630. The fourth-order valence-electron chi connectivity index (χ4n) is 3.93. The van der Waals surface area contributed by atoms with Crippen LogP contribution < -0.4 is 0 Å². The number of carbonyl (C=O) groups is 1. The van der Waals surface area contributed by atoms with Gasteiger partial charge in [-0.2, -0.15) is 10.2 Å². The molecule has 0 radical (unpaired) electrons. The van der Waals surface area contributed by atoms with E-state index < -0.39 is 0 Å². The van der Waals surface area contributed by atoms with Crippen LogP contribution in [0.2, 0.25) is 0 Å². The smallest absolute Gasteiger partial charge is 0.333 e. The van der Waals surface area contributed by atoms with Crippen LogP contribution in [0.5, 0.6) is 0 Å². The van der Waals surface area contributed by atoms with Crippen LogP contribution in [0.1, 0.15) is 32.1 Å². The average Bonchev–Trinajstić information content (AvgIpc) is 2.78. The minimum atomic E-state index is -0.300. The van der Waals surface area contributed by atoms with Crippen molar-refractivity contribution in [1.29, 1.82) is 0 Å². The predicted molar refractivity (Wildman–Crippen MR) is 58.0 cm³/mol. The first-order valence-corrected chi connectivity index (χ1v) is 6.25. The molecule has 0 N–H and O–H groups in total. The highest BCUT2D eigenvalue weighted by Crippen LogP contribution is 2.68. The summed E-state index contributed by atoms with van der Waals surface area (Å²) >= 11 is 0. The summed E-state index contributed by atoms with van der Waals surface area (Å²) in [5, 5.41) is 8.25. The standard InChI is InChI=1S/C12H18N2O2/c1-16-11(15)10-12(7-13-14-10)8-5-3-2-4-6-9(8)12/h8-10H,2-7H2,1H3. The highest BCUT2D eigenvalue weighted by atomic mass is 16.5. The van der Waals surface area contributed by atoms with Gasteiger partial charge in [0.05, 0.1) is 13.7 Å². The molecule has 0 amide bonds. The summed E-state index contributed by atoms with van der Waals surface area (Å²) in [6, 6.07) is -0.300. The lowest BCUT2D eigenvalue weighted by molar-refractivity contribution is -0.143. The molecule has 2 fully saturated rings. The topological polar surface area (TPSA) is 51.0 Å². The number of ether oxygens (including phenoxy) is 1. The van der Waals surface area contributed by atoms with Crippen molar-refractivity contribution in [2.45, 2.75) is 38.1 Å². The zero-order chi connectivity index (χ0) is 11.2. The number of carbonyl (C=O) groups excluding carboxylic acids is 1. The summed E-state index contributed by atoms with van der Waals surface area (Å²) in [6.45, 7) is 0.752. The average molecular weight is 222 g/mol. The summed E-state index contributed by atoms with van der Waals surface area (Å²) in [6.07, 6.45) is 6.46. The molecule has 3 atom stereocenters. The Bertz CT molecular complexity index is 328. The molecule has 0 aromatic rings. The number of nitrogens with zero attached hydrogens (tertiary/aromatic N) is 2. The van der Waals surface area contributed by atoms with Crippen LogP contribution in [0.25, 0.3) is 0 Å². The fraction of sp³-hybridized carbons (Fsp3) is 0.917. The maximum Gasteiger partial charge on any atom is 0.333 e. The highest BCUT2D eigenvalue weighted by Gasteiger charge is 2.71. The normalized spacial score (nSPS) is 45.2. The molecule has 3 rings (SSSR count). The van der Waals surface area contributed by atoms with Crippen molar-refractivity contribution in [3.8, 4) is 0 Å². The fourth-order valence-corrected chi connectivity index (χ4v) is 3.93. The second-order valence-electron chi connectivity index (χ2n) is 5.30. The molecule has 2 saturated carbocycles. The Labute approximate surface area is 95.5 Å². The van der Waals surface area contributed by atoms with Crippen LogP contribution in [0, 0.1) is 17.3 Å². The molecule has 1 heterocycles. The lowest BCUT2D eigenvalue weighted by atomic mass is 9.90. The Hall–Kier alpha value is -0.930. The van der Waals surface area contributed by atoms with Crippen molar-refractivity contribution in [3.63, 3.8) is 0 Å². The largest absolute Gasteiger partial charge is 0.467 e. The number of methoxy groups -OCH3 is 1. The maximum atomic E-state index is 11.7. The van der Waals surface area contributed by atoms with Gasteiger partial charge in [-0.15, -0.1) is 0 Å². The van der Waals surface area contributed by atoms with Crippen LogP contribution in [0.15, 0.2) is 10.2 Å². The SMILES string of the molecule is COC(=O)C1N=NCC12C1CCCCCC12. The molecule has 0 aromatic carbocycles. The molecule has 3 unspecified atom stereocenters. The number of hydrogen-bond acceptors (Lipinski definition) is 4. The van der Waals surface area contributed by atoms with Crippen LogP contribution in [0.3, 0.4) is 0 Å². The van der Waals surface area contributed by atoms with E-state index in [1.54, 1.807) is 0 Å². The summed E-state index contributed by atoms with van der Waals surface area (Å²) in [7, 11) is 1.45. The summed E-state index contributed by atoms with van der Waals surface area (Å²) in [4.78, 5) is 11.7. The van der Waals surface area contributed by atoms with Gasteiger partial charge in [0.15, 0.2) is 6.04 Å². The summed E-state index contributed by atoms with van der Waals surface area (Å²) < 4.78 is 4.85. The van der Waals surface area contributed by atoms with Gasteiger partial charge >= 0.3 is 5.97 Å². The maximum absolute atomic E-state index is 11.7. The monoisotopic (exact) mass is 222 g/mol. The molecule has 2 aliphatic carbocycles. The van der Waals surface area contributed by atoms with Gasteiger partial charge in [0.1, 0.15) is 0 Å². The van der Waals surface area contributed by atoms with E-state index in [2.05, 4.69) is 10.2 Å². The Morgan fingerprint density at radius 2 is 1.94 bits per heavy atom. The number of esters is 1. The first kappa shape index (κ1) is 10.2. The van der Waals surface area contributed by atoms with E-state index in [1.807, 2.05) is 0 Å². The van der Waals surface area contributed by atoms with Crippen LogP contribution in [-0.2, 0) is 9.53 Å². The van der Waals surface area contributed by atoms with Gasteiger partial charge in [-0.05, 0) is 24.7 Å². The molecule has 16 heavy (non-hydrogen) atoms. The van der Waals surface area contributed by atoms with E-state index >= 15 is 0 Å². The second-order valence-corrected chi connectivity index (χ2v) is 5.30. The molecule has 3 aliphatic rings. The first-order valence-electron chi connectivity index (χ1n) is 6.25. The van der Waals surface area contributed by atoms with Crippen molar-refractivity contribution < 1.29 is 9.53 Å². The Balaban J connectivity index is 1.82. The minimum Gasteiger partial charge on any atom is -0.467 e. The molecular weight excluding hydrogens is 204 g/mol. The second kappa shape index (κ2) is 3.54. The molecule has 0 aromatic heterocycles. The van der Waals surface area contributed by atoms with Gasteiger partial charge in [-0.3, -0.25) is 0 Å². The molecule has 1 spiro atoms. The van der Waals surface area contributed by atoms with Gasteiger partial charge in [0, 0.05) is 5.41 Å². The Morgan fingerprint density at radius 3 is 2.56 bits per heavy atom. The van der Waals surface area contributed by atoms with Crippen LogP contribution >= 0.6 is 0 Å². The third-order valence-electron chi connectivity index (χ3n) is 4.76. The highest BCUT2D eigenvalue weighted by molar-refractivity contribution is 5.78. The zero-order valence-corrected chi connectivity index (χ0v) is 9.69. The van der Waals surface area contributed by atoms with E-state index in [0.717, 1.165) is 6.54 Å². The van der Waals surface area contributed by atoms with E-state index in [0.29, 0.717) is 11.8 Å². The quantitative estimate of drug-likeness (QED) is 0.638. The number of fused-ring (bicyclic) bond motifs is 3. The Morgan fingerprint density at radius 1 is 1.25 bits per heavy atom.